The number of aldehydes is 1. The molecule has 0 saturated heterocycles. The lowest BCUT2D eigenvalue weighted by Crippen LogP contribution is -2.68. The molecule has 1 heterocycles. The molecule has 4 saturated carbocycles. The molecule has 0 spiro atoms. The van der Waals surface area contributed by atoms with Gasteiger partial charge in [0.1, 0.15) is 6.29 Å². The summed E-state index contributed by atoms with van der Waals surface area (Å²) in [5, 5.41) is 3.60. The second-order valence-electron chi connectivity index (χ2n) is 15.8. The van der Waals surface area contributed by atoms with Gasteiger partial charge in [0, 0.05) is 49.8 Å². The average Bonchev–Trinajstić information content (AvgIpc) is 3.10. The Kier molecular flexibility index (Phi) is 8.79. The van der Waals surface area contributed by atoms with Gasteiger partial charge in [-0.25, -0.2) is 0 Å². The van der Waals surface area contributed by atoms with Gasteiger partial charge in [0.05, 0.1) is 0 Å². The Labute approximate surface area is 251 Å². The Hall–Kier alpha value is -1.39. The van der Waals surface area contributed by atoms with E-state index < -0.39 is 5.79 Å². The van der Waals surface area contributed by atoms with Crippen molar-refractivity contribution in [1.82, 2.24) is 5.32 Å². The number of rotatable bonds is 9. The number of methoxy groups -OCH3 is 2. The van der Waals surface area contributed by atoms with Crippen LogP contribution in [0.1, 0.15) is 106 Å². The van der Waals surface area contributed by atoms with Crippen LogP contribution in [0.15, 0.2) is 36.2 Å². The highest BCUT2D eigenvalue weighted by Gasteiger charge is 2.71. The van der Waals surface area contributed by atoms with Gasteiger partial charge in [0.25, 0.3) is 0 Å². The molecule has 2 unspecified atom stereocenters. The van der Waals surface area contributed by atoms with Crippen molar-refractivity contribution in [3.8, 4) is 0 Å². The van der Waals surface area contributed by atoms with Crippen molar-refractivity contribution in [2.45, 2.75) is 112 Å². The molecule has 0 aromatic carbocycles. The summed E-state index contributed by atoms with van der Waals surface area (Å²) in [6, 6.07) is 0. The first-order valence-corrected chi connectivity index (χ1v) is 16.9. The van der Waals surface area contributed by atoms with Crippen molar-refractivity contribution < 1.29 is 14.3 Å². The van der Waals surface area contributed by atoms with Crippen molar-refractivity contribution in [3.05, 3.63) is 36.2 Å². The summed E-state index contributed by atoms with van der Waals surface area (Å²) >= 11 is 0. The minimum absolute atomic E-state index is 0.0291. The molecule has 4 heteroatoms. The van der Waals surface area contributed by atoms with Gasteiger partial charge in [-0.2, -0.15) is 0 Å². The lowest BCUT2D eigenvalue weighted by Gasteiger charge is -2.69. The number of allylic oxidation sites excluding steroid dienone is 5. The SMILES string of the molecule is COC1(OC)C[C@H]2C(C)(C3=CC=CC=CN3)C(C=O)CC[C@]2(C)[C@H]2CC[C@]3(C)[C@@H]([C@H](C)CCCC(C)C)CC[C@H]3[C@@H]21. The molecule has 0 bridgehead atoms. The summed E-state index contributed by atoms with van der Waals surface area (Å²) in [6.45, 7) is 14.8. The second kappa shape index (κ2) is 11.6. The van der Waals surface area contributed by atoms with E-state index in [1.807, 2.05) is 26.5 Å². The van der Waals surface area contributed by atoms with E-state index in [9.17, 15) is 4.79 Å². The van der Waals surface area contributed by atoms with Crippen LogP contribution >= 0.6 is 0 Å². The van der Waals surface area contributed by atoms with Crippen LogP contribution in [0.4, 0.5) is 0 Å². The van der Waals surface area contributed by atoms with Crippen molar-refractivity contribution in [3.63, 3.8) is 0 Å². The van der Waals surface area contributed by atoms with Crippen LogP contribution in [0.2, 0.25) is 0 Å². The number of nitrogens with one attached hydrogen (secondary N) is 1. The van der Waals surface area contributed by atoms with Gasteiger partial charge in [-0.15, -0.1) is 0 Å². The Morgan fingerprint density at radius 2 is 1.63 bits per heavy atom. The number of carbonyl (C=O) groups excluding carboxylic acids is 1. The van der Waals surface area contributed by atoms with E-state index in [-0.39, 0.29) is 22.7 Å². The minimum atomic E-state index is -0.625. The maximum atomic E-state index is 12.7. The van der Waals surface area contributed by atoms with Gasteiger partial charge < -0.3 is 19.6 Å². The van der Waals surface area contributed by atoms with E-state index in [1.54, 1.807) is 0 Å². The average molecular weight is 566 g/mol. The summed E-state index contributed by atoms with van der Waals surface area (Å²) in [5.41, 5.74) is 1.32. The fourth-order valence-corrected chi connectivity index (χ4v) is 11.6. The smallest absolute Gasteiger partial charge is 0.171 e. The van der Waals surface area contributed by atoms with Gasteiger partial charge in [-0.3, -0.25) is 0 Å². The molecule has 0 aromatic rings. The van der Waals surface area contributed by atoms with Crippen LogP contribution < -0.4 is 5.32 Å². The van der Waals surface area contributed by atoms with Crippen molar-refractivity contribution in [1.29, 1.82) is 0 Å². The third-order valence-electron chi connectivity index (χ3n) is 13.9. The van der Waals surface area contributed by atoms with E-state index in [0.717, 1.165) is 42.7 Å². The molecular weight excluding hydrogens is 506 g/mol. The van der Waals surface area contributed by atoms with Gasteiger partial charge in [0.15, 0.2) is 5.79 Å². The molecule has 41 heavy (non-hydrogen) atoms. The summed E-state index contributed by atoms with van der Waals surface area (Å²) in [5.74, 6) is 3.50. The third kappa shape index (κ3) is 4.82. The fraction of sp³-hybridized carbons (Fsp3) is 0.811. The molecule has 10 atom stereocenters. The van der Waals surface area contributed by atoms with Crippen molar-refractivity contribution >= 4 is 6.29 Å². The largest absolute Gasteiger partial charge is 0.365 e. The number of fused-ring (bicyclic) bond motifs is 5. The quantitative estimate of drug-likeness (QED) is 0.224. The molecule has 5 rings (SSSR count). The van der Waals surface area contributed by atoms with Gasteiger partial charge in [0.2, 0.25) is 0 Å². The highest BCUT2D eigenvalue weighted by molar-refractivity contribution is 5.58. The third-order valence-corrected chi connectivity index (χ3v) is 13.9. The predicted octanol–water partition coefficient (Wildman–Crippen LogP) is 8.70. The van der Waals surface area contributed by atoms with Gasteiger partial charge in [-0.05, 0) is 97.0 Å². The number of hydrogen-bond donors (Lipinski definition) is 1. The van der Waals surface area contributed by atoms with E-state index in [1.165, 1.54) is 51.2 Å². The number of carbonyl (C=O) groups is 1. The maximum Gasteiger partial charge on any atom is 0.171 e. The summed E-state index contributed by atoms with van der Waals surface area (Å²) in [7, 11) is 3.78. The zero-order valence-corrected chi connectivity index (χ0v) is 27.4. The van der Waals surface area contributed by atoms with Crippen LogP contribution in [-0.2, 0) is 14.3 Å². The molecule has 0 radical (unpaired) electrons. The van der Waals surface area contributed by atoms with E-state index in [2.05, 4.69) is 65.1 Å². The van der Waals surface area contributed by atoms with Crippen LogP contribution in [0.25, 0.3) is 0 Å². The number of ether oxygens (including phenoxy) is 2. The molecule has 1 aliphatic heterocycles. The van der Waals surface area contributed by atoms with Crippen molar-refractivity contribution in [2.75, 3.05) is 14.2 Å². The lowest BCUT2D eigenvalue weighted by atomic mass is 9.38. The van der Waals surface area contributed by atoms with Crippen LogP contribution in [-0.4, -0.2) is 26.3 Å². The van der Waals surface area contributed by atoms with E-state index in [0.29, 0.717) is 23.2 Å². The predicted molar refractivity (Wildman–Crippen MR) is 168 cm³/mol. The monoisotopic (exact) mass is 565 g/mol. The minimum Gasteiger partial charge on any atom is -0.365 e. The fourth-order valence-electron chi connectivity index (χ4n) is 11.6. The van der Waals surface area contributed by atoms with Gasteiger partial charge in [-0.1, -0.05) is 73.0 Å². The Morgan fingerprint density at radius 1 is 0.927 bits per heavy atom. The maximum absolute atomic E-state index is 12.7. The molecular formula is C37H59NO3. The molecule has 230 valence electrons. The molecule has 1 N–H and O–H groups in total. The highest BCUT2D eigenvalue weighted by atomic mass is 16.7. The normalized spacial score (nSPS) is 43.8. The topological polar surface area (TPSA) is 47.6 Å². The van der Waals surface area contributed by atoms with Gasteiger partial charge >= 0.3 is 0 Å². The van der Waals surface area contributed by atoms with Crippen LogP contribution in [0.5, 0.6) is 0 Å². The molecule has 5 aliphatic rings. The standard InChI is InChI=1S/C37H59NO3/c1-25(2)13-12-14-26(3)28-16-17-29-33-30(19-21-34(28,29)4)35(5)20-18-27(24-39)36(6,32-15-10-9-11-22-38-32)31(35)23-37(33,40-7)41-8/h9-11,15,22,24-31,33,38H,12-14,16-21,23H2,1-8H3/t26-,27?,28-,29+,30+,31-,33+,34-,35-,36?/m1/s1. The summed E-state index contributed by atoms with van der Waals surface area (Å²) < 4.78 is 13.3. The van der Waals surface area contributed by atoms with E-state index >= 15 is 0 Å². The first-order valence-electron chi connectivity index (χ1n) is 16.9. The summed E-state index contributed by atoms with van der Waals surface area (Å²) in [6.07, 6.45) is 23.8. The van der Waals surface area contributed by atoms with Crippen molar-refractivity contribution in [2.24, 2.45) is 63.6 Å². The molecule has 4 fully saturated rings. The number of hydrogen-bond acceptors (Lipinski definition) is 4. The zero-order chi connectivity index (χ0) is 29.6. The highest BCUT2D eigenvalue weighted by Crippen LogP contribution is 2.73. The second-order valence-corrected chi connectivity index (χ2v) is 15.8. The molecule has 4 aliphatic carbocycles. The summed E-state index contributed by atoms with van der Waals surface area (Å²) in [4.78, 5) is 12.7. The molecule has 4 nitrogen and oxygen atoms in total. The zero-order valence-electron chi connectivity index (χ0n) is 27.4. The first-order chi connectivity index (χ1) is 19.5. The Balaban J connectivity index is 1.52. The molecule has 0 aromatic heterocycles. The van der Waals surface area contributed by atoms with E-state index in [4.69, 9.17) is 9.47 Å². The van der Waals surface area contributed by atoms with Crippen LogP contribution in [0, 0.1) is 63.6 Å². The Bertz CT molecular complexity index is 1040. The molecule has 0 amide bonds. The van der Waals surface area contributed by atoms with Crippen LogP contribution in [0.3, 0.4) is 0 Å². The Morgan fingerprint density at radius 3 is 2.32 bits per heavy atom. The first kappa shape index (κ1) is 31.0. The lowest BCUT2D eigenvalue weighted by molar-refractivity contribution is -0.334.